The van der Waals surface area contributed by atoms with Gasteiger partial charge in [-0.3, -0.25) is 4.79 Å². The van der Waals surface area contributed by atoms with E-state index in [4.69, 9.17) is 5.14 Å². The summed E-state index contributed by atoms with van der Waals surface area (Å²) in [6.45, 7) is 6.14. The van der Waals surface area contributed by atoms with Gasteiger partial charge in [0, 0.05) is 37.4 Å². The van der Waals surface area contributed by atoms with Gasteiger partial charge < -0.3 is 9.80 Å². The molecule has 2 aromatic carbocycles. The van der Waals surface area contributed by atoms with E-state index in [2.05, 4.69) is 17.0 Å². The van der Waals surface area contributed by atoms with Crippen LogP contribution in [0.25, 0.3) is 0 Å². The van der Waals surface area contributed by atoms with Crippen molar-refractivity contribution < 1.29 is 13.2 Å². The highest BCUT2D eigenvalue weighted by atomic mass is 32.2. The molecule has 3 rings (SSSR count). The third kappa shape index (κ3) is 3.73. The molecule has 1 aliphatic rings. The fraction of sp³-hybridized carbons (Fsp3) is 0.316. The van der Waals surface area contributed by atoms with E-state index in [-0.39, 0.29) is 10.8 Å². The molecule has 0 spiro atoms. The molecule has 0 bridgehead atoms. The van der Waals surface area contributed by atoms with Crippen molar-refractivity contribution in [2.75, 3.05) is 31.1 Å². The first-order valence-corrected chi connectivity index (χ1v) is 10.1. The van der Waals surface area contributed by atoms with Crippen LogP contribution in [0.1, 0.15) is 21.5 Å². The van der Waals surface area contributed by atoms with E-state index in [9.17, 15) is 13.2 Å². The molecule has 1 heterocycles. The van der Waals surface area contributed by atoms with Gasteiger partial charge in [0.2, 0.25) is 10.0 Å². The van der Waals surface area contributed by atoms with Crippen molar-refractivity contribution in [1.29, 1.82) is 0 Å². The molecule has 0 saturated carbocycles. The second kappa shape index (κ2) is 7.09. The number of nitrogens with two attached hydrogens (primary N) is 1. The van der Waals surface area contributed by atoms with E-state index in [0.29, 0.717) is 24.2 Å². The first-order chi connectivity index (χ1) is 12.3. The van der Waals surface area contributed by atoms with Crippen molar-refractivity contribution >= 4 is 21.6 Å². The molecule has 138 valence electrons. The molecule has 1 aliphatic heterocycles. The van der Waals surface area contributed by atoms with Crippen LogP contribution in [0, 0.1) is 13.8 Å². The maximum Gasteiger partial charge on any atom is 0.254 e. The van der Waals surface area contributed by atoms with Gasteiger partial charge in [-0.1, -0.05) is 18.2 Å². The van der Waals surface area contributed by atoms with Gasteiger partial charge in [-0.05, 0) is 49.2 Å². The normalized spacial score (nSPS) is 15.2. The highest BCUT2D eigenvalue weighted by molar-refractivity contribution is 7.89. The minimum absolute atomic E-state index is 0.0174. The first-order valence-electron chi connectivity index (χ1n) is 8.50. The van der Waals surface area contributed by atoms with Gasteiger partial charge >= 0.3 is 0 Å². The summed E-state index contributed by atoms with van der Waals surface area (Å²) in [5.41, 5.74) is 2.83. The first kappa shape index (κ1) is 18.4. The zero-order valence-corrected chi connectivity index (χ0v) is 15.8. The number of primary sulfonamides is 1. The number of rotatable bonds is 3. The number of piperazine rings is 1. The van der Waals surface area contributed by atoms with Gasteiger partial charge in [-0.15, -0.1) is 0 Å². The molecule has 1 saturated heterocycles. The number of carbonyl (C=O) groups is 1. The fourth-order valence-corrected chi connectivity index (χ4v) is 4.11. The molecule has 2 N–H and O–H groups in total. The Morgan fingerprint density at radius 3 is 2.19 bits per heavy atom. The number of hydrogen-bond acceptors (Lipinski definition) is 4. The Kier molecular flexibility index (Phi) is 5.02. The summed E-state index contributed by atoms with van der Waals surface area (Å²) in [4.78, 5) is 16.9. The Hall–Kier alpha value is -2.38. The molecule has 2 aromatic rings. The average Bonchev–Trinajstić information content (AvgIpc) is 2.63. The van der Waals surface area contributed by atoms with Crippen molar-refractivity contribution in [3.63, 3.8) is 0 Å². The predicted octanol–water partition coefficient (Wildman–Crippen LogP) is 1.91. The lowest BCUT2D eigenvalue weighted by molar-refractivity contribution is 0.0746. The number of benzene rings is 2. The van der Waals surface area contributed by atoms with Crippen molar-refractivity contribution in [3.8, 4) is 0 Å². The average molecular weight is 373 g/mol. The Balaban J connectivity index is 1.78. The molecular formula is C19H23N3O3S. The number of anilines is 1. The zero-order valence-electron chi connectivity index (χ0n) is 15.0. The van der Waals surface area contributed by atoms with Crippen molar-refractivity contribution in [3.05, 3.63) is 59.2 Å². The predicted molar refractivity (Wildman–Crippen MR) is 102 cm³/mol. The monoisotopic (exact) mass is 373 g/mol. The van der Waals surface area contributed by atoms with Crippen LogP contribution in [0.3, 0.4) is 0 Å². The van der Waals surface area contributed by atoms with Gasteiger partial charge in [0.1, 0.15) is 0 Å². The van der Waals surface area contributed by atoms with Crippen LogP contribution in [-0.2, 0) is 10.0 Å². The van der Waals surface area contributed by atoms with E-state index in [1.165, 1.54) is 6.07 Å². The number of carbonyl (C=O) groups excluding carboxylic acids is 1. The second-order valence-electron chi connectivity index (χ2n) is 6.58. The van der Waals surface area contributed by atoms with Crippen LogP contribution in [0.2, 0.25) is 0 Å². The lowest BCUT2D eigenvalue weighted by Crippen LogP contribution is -2.48. The third-order valence-electron chi connectivity index (χ3n) is 4.86. The van der Waals surface area contributed by atoms with E-state index in [0.717, 1.165) is 24.3 Å². The van der Waals surface area contributed by atoms with Crippen LogP contribution in [0.5, 0.6) is 0 Å². The number of sulfonamides is 1. The highest BCUT2D eigenvalue weighted by Crippen LogP contribution is 2.22. The Morgan fingerprint density at radius 2 is 1.62 bits per heavy atom. The third-order valence-corrected chi connectivity index (χ3v) is 5.90. The Labute approximate surface area is 154 Å². The molecular weight excluding hydrogens is 350 g/mol. The van der Waals surface area contributed by atoms with E-state index in [1.54, 1.807) is 24.8 Å². The van der Waals surface area contributed by atoms with Crippen LogP contribution in [0.4, 0.5) is 5.69 Å². The van der Waals surface area contributed by atoms with Gasteiger partial charge in [0.05, 0.1) is 4.90 Å². The zero-order chi connectivity index (χ0) is 18.9. The molecule has 0 unspecified atom stereocenters. The minimum Gasteiger partial charge on any atom is -0.368 e. The number of hydrogen-bond donors (Lipinski definition) is 1. The summed E-state index contributed by atoms with van der Waals surface area (Å²) in [6.07, 6.45) is 0. The quantitative estimate of drug-likeness (QED) is 0.891. The Morgan fingerprint density at radius 1 is 1.00 bits per heavy atom. The largest absolute Gasteiger partial charge is 0.368 e. The van der Waals surface area contributed by atoms with E-state index in [1.807, 2.05) is 18.2 Å². The van der Waals surface area contributed by atoms with Gasteiger partial charge in [0.25, 0.3) is 5.91 Å². The SMILES string of the molecule is Cc1cc(C(=O)N2CCN(c3ccccc3)CC2)cc(S(N)(=O)=O)c1C. The molecule has 0 radical (unpaired) electrons. The standard InChI is InChI=1S/C19H23N3O3S/c1-14-12-16(13-18(15(14)2)26(20,24)25)19(23)22-10-8-21(9-11-22)17-6-4-3-5-7-17/h3-7,12-13H,8-11H2,1-2H3,(H2,20,24,25). The van der Waals surface area contributed by atoms with E-state index < -0.39 is 10.0 Å². The molecule has 26 heavy (non-hydrogen) atoms. The summed E-state index contributed by atoms with van der Waals surface area (Å²) in [7, 11) is -3.87. The van der Waals surface area contributed by atoms with Gasteiger partial charge in [-0.2, -0.15) is 0 Å². The van der Waals surface area contributed by atoms with Crippen LogP contribution < -0.4 is 10.0 Å². The van der Waals surface area contributed by atoms with Crippen LogP contribution >= 0.6 is 0 Å². The molecule has 0 aromatic heterocycles. The van der Waals surface area contributed by atoms with Gasteiger partial charge in [-0.25, -0.2) is 13.6 Å². The summed E-state index contributed by atoms with van der Waals surface area (Å²) in [6, 6.07) is 13.2. The smallest absolute Gasteiger partial charge is 0.254 e. The molecule has 0 aliphatic carbocycles. The molecule has 7 heteroatoms. The number of para-hydroxylation sites is 1. The number of aryl methyl sites for hydroxylation is 1. The molecule has 6 nitrogen and oxygen atoms in total. The minimum atomic E-state index is -3.87. The number of amides is 1. The molecule has 0 atom stereocenters. The summed E-state index contributed by atoms with van der Waals surface area (Å²) >= 11 is 0. The van der Waals surface area contributed by atoms with Crippen LogP contribution in [-0.4, -0.2) is 45.4 Å². The summed E-state index contributed by atoms with van der Waals surface area (Å²) in [5, 5.41) is 5.30. The summed E-state index contributed by atoms with van der Waals surface area (Å²) in [5.74, 6) is -0.161. The Bertz CT molecular complexity index is 919. The van der Waals surface area contributed by atoms with Crippen molar-refractivity contribution in [2.24, 2.45) is 5.14 Å². The molecule has 1 fully saturated rings. The van der Waals surface area contributed by atoms with Crippen molar-refractivity contribution in [2.45, 2.75) is 18.7 Å². The van der Waals surface area contributed by atoms with E-state index >= 15 is 0 Å². The maximum absolute atomic E-state index is 12.9. The van der Waals surface area contributed by atoms with Gasteiger partial charge in [0.15, 0.2) is 0 Å². The number of nitrogens with zero attached hydrogens (tertiary/aromatic N) is 2. The molecule has 1 amide bonds. The topological polar surface area (TPSA) is 83.7 Å². The second-order valence-corrected chi connectivity index (χ2v) is 8.11. The van der Waals surface area contributed by atoms with Crippen molar-refractivity contribution in [1.82, 2.24) is 4.90 Å². The summed E-state index contributed by atoms with van der Waals surface area (Å²) < 4.78 is 23.6. The van der Waals surface area contributed by atoms with Crippen LogP contribution in [0.15, 0.2) is 47.4 Å². The lowest BCUT2D eigenvalue weighted by atomic mass is 10.0. The fourth-order valence-electron chi connectivity index (χ4n) is 3.24. The lowest BCUT2D eigenvalue weighted by Gasteiger charge is -2.36. The highest BCUT2D eigenvalue weighted by Gasteiger charge is 2.24. The maximum atomic E-state index is 12.9.